The highest BCUT2D eigenvalue weighted by Crippen LogP contribution is 2.28. The van der Waals surface area contributed by atoms with E-state index in [1.165, 1.54) is 12.0 Å². The fourth-order valence-corrected chi connectivity index (χ4v) is 2.74. The average Bonchev–Trinajstić information content (AvgIpc) is 2.68. The highest BCUT2D eigenvalue weighted by atomic mass is 16.7. The van der Waals surface area contributed by atoms with Crippen molar-refractivity contribution in [3.8, 4) is 5.75 Å². The van der Waals surface area contributed by atoms with Gasteiger partial charge in [-0.15, -0.1) is 0 Å². The van der Waals surface area contributed by atoms with Crippen molar-refractivity contribution in [2.75, 3.05) is 34.4 Å². The lowest BCUT2D eigenvalue weighted by Gasteiger charge is -2.24. The molecular weight excluding hydrogens is 350 g/mol. The molecule has 1 saturated heterocycles. The molecule has 1 fully saturated rings. The Kier molecular flexibility index (Phi) is 8.54. The summed E-state index contributed by atoms with van der Waals surface area (Å²) in [6.07, 6.45) is 2.97. The lowest BCUT2D eigenvalue weighted by atomic mass is 10.0. The van der Waals surface area contributed by atoms with Gasteiger partial charge in [-0.3, -0.25) is 9.59 Å². The molecule has 1 aromatic carbocycles. The van der Waals surface area contributed by atoms with Crippen LogP contribution in [0.25, 0.3) is 0 Å². The number of likely N-dealkylation sites (N-methyl/N-ethyl adjacent to an activating group) is 1. The summed E-state index contributed by atoms with van der Waals surface area (Å²) in [4.78, 5) is 24.9. The molecule has 0 radical (unpaired) electrons. The average molecular weight is 379 g/mol. The van der Waals surface area contributed by atoms with Crippen molar-refractivity contribution in [2.24, 2.45) is 0 Å². The second-order valence-electron chi connectivity index (χ2n) is 6.69. The van der Waals surface area contributed by atoms with Gasteiger partial charge in [0.2, 0.25) is 5.91 Å². The van der Waals surface area contributed by atoms with Crippen molar-refractivity contribution in [2.45, 2.75) is 44.5 Å². The van der Waals surface area contributed by atoms with E-state index >= 15 is 0 Å². The van der Waals surface area contributed by atoms with Gasteiger partial charge in [0.25, 0.3) is 0 Å². The summed E-state index contributed by atoms with van der Waals surface area (Å²) in [7, 11) is 4.70. The number of carbonyl (C=O) groups excluding carboxylic acids is 2. The third-order valence-electron chi connectivity index (χ3n) is 4.38. The lowest BCUT2D eigenvalue weighted by Crippen LogP contribution is -2.27. The monoisotopic (exact) mass is 379 g/mol. The Morgan fingerprint density at radius 2 is 2.11 bits per heavy atom. The standard InChI is InChI=1S/C20H29NO6/c1-21(2)18(22)14-26-17(10-11-19(23)24-3)15-7-6-8-16(13-15)27-20-9-4-5-12-25-20/h6-8,13,17,20H,4-5,9-12,14H2,1-3H3. The van der Waals surface area contributed by atoms with E-state index in [2.05, 4.69) is 0 Å². The minimum Gasteiger partial charge on any atom is -0.469 e. The first-order valence-corrected chi connectivity index (χ1v) is 9.26. The summed E-state index contributed by atoms with van der Waals surface area (Å²) in [5.41, 5.74) is 0.846. The highest BCUT2D eigenvalue weighted by molar-refractivity contribution is 5.76. The Bertz CT molecular complexity index is 612. The Morgan fingerprint density at radius 3 is 2.78 bits per heavy atom. The predicted octanol–water partition coefficient (Wildman–Crippen LogP) is 2.69. The number of benzene rings is 1. The molecule has 7 nitrogen and oxygen atoms in total. The molecule has 0 spiro atoms. The summed E-state index contributed by atoms with van der Waals surface area (Å²) >= 11 is 0. The first kappa shape index (κ1) is 21.2. The van der Waals surface area contributed by atoms with Crippen LogP contribution in [0.5, 0.6) is 5.75 Å². The van der Waals surface area contributed by atoms with Crippen LogP contribution in [-0.2, 0) is 23.8 Å². The number of hydrogen-bond acceptors (Lipinski definition) is 6. The molecule has 1 aromatic rings. The molecule has 0 aliphatic carbocycles. The fourth-order valence-electron chi connectivity index (χ4n) is 2.74. The second kappa shape index (κ2) is 10.9. The van der Waals surface area contributed by atoms with E-state index in [1.54, 1.807) is 14.1 Å². The van der Waals surface area contributed by atoms with Crippen molar-refractivity contribution < 1.29 is 28.5 Å². The van der Waals surface area contributed by atoms with Crippen LogP contribution < -0.4 is 4.74 Å². The predicted molar refractivity (Wildman–Crippen MR) is 99.3 cm³/mol. The van der Waals surface area contributed by atoms with Crippen LogP contribution in [-0.4, -0.2) is 57.5 Å². The number of nitrogens with zero attached hydrogens (tertiary/aromatic N) is 1. The molecule has 27 heavy (non-hydrogen) atoms. The third-order valence-corrected chi connectivity index (χ3v) is 4.38. The van der Waals surface area contributed by atoms with E-state index in [-0.39, 0.29) is 31.2 Å². The Morgan fingerprint density at radius 1 is 1.30 bits per heavy atom. The van der Waals surface area contributed by atoms with Crippen molar-refractivity contribution in [1.82, 2.24) is 4.90 Å². The summed E-state index contributed by atoms with van der Waals surface area (Å²) in [6, 6.07) is 7.51. The smallest absolute Gasteiger partial charge is 0.305 e. The van der Waals surface area contributed by atoms with Crippen molar-refractivity contribution in [3.05, 3.63) is 29.8 Å². The summed E-state index contributed by atoms with van der Waals surface area (Å²) in [6.45, 7) is 0.650. The first-order chi connectivity index (χ1) is 13.0. The molecule has 7 heteroatoms. The maximum absolute atomic E-state index is 11.9. The number of amides is 1. The molecule has 2 atom stereocenters. The third kappa shape index (κ3) is 7.19. The Labute approximate surface area is 160 Å². The van der Waals surface area contributed by atoms with E-state index in [0.717, 1.165) is 24.8 Å². The minimum absolute atomic E-state index is 0.0599. The fraction of sp³-hybridized carbons (Fsp3) is 0.600. The molecule has 1 aliphatic heterocycles. The SMILES string of the molecule is COC(=O)CCC(OCC(=O)N(C)C)c1cccc(OC2CCCCO2)c1. The van der Waals surface area contributed by atoms with Gasteiger partial charge in [-0.1, -0.05) is 12.1 Å². The van der Waals surface area contributed by atoms with Crippen LogP contribution in [0.4, 0.5) is 0 Å². The number of ether oxygens (including phenoxy) is 4. The largest absolute Gasteiger partial charge is 0.469 e. The van der Waals surface area contributed by atoms with Crippen molar-refractivity contribution in [1.29, 1.82) is 0 Å². The number of esters is 1. The lowest BCUT2D eigenvalue weighted by molar-refractivity contribution is -0.142. The van der Waals surface area contributed by atoms with Crippen molar-refractivity contribution in [3.63, 3.8) is 0 Å². The van der Waals surface area contributed by atoms with Crippen molar-refractivity contribution >= 4 is 11.9 Å². The van der Waals surface area contributed by atoms with E-state index in [9.17, 15) is 9.59 Å². The molecule has 1 heterocycles. The molecule has 150 valence electrons. The van der Waals surface area contributed by atoms with Crippen LogP contribution in [0.1, 0.15) is 43.8 Å². The van der Waals surface area contributed by atoms with Crippen LogP contribution in [0.2, 0.25) is 0 Å². The molecule has 2 unspecified atom stereocenters. The van der Waals surface area contributed by atoms with E-state index in [4.69, 9.17) is 18.9 Å². The van der Waals surface area contributed by atoms with Gasteiger partial charge in [0.1, 0.15) is 12.4 Å². The Hall–Kier alpha value is -2.12. The molecule has 2 rings (SSSR count). The minimum atomic E-state index is -0.413. The molecule has 0 aromatic heterocycles. The van der Waals surface area contributed by atoms with E-state index < -0.39 is 6.10 Å². The molecule has 0 bridgehead atoms. The maximum Gasteiger partial charge on any atom is 0.305 e. The second-order valence-corrected chi connectivity index (χ2v) is 6.69. The van der Waals surface area contributed by atoms with Gasteiger partial charge in [0, 0.05) is 26.9 Å². The highest BCUT2D eigenvalue weighted by Gasteiger charge is 2.19. The van der Waals surface area contributed by atoms with E-state index in [1.807, 2.05) is 24.3 Å². The van der Waals surface area contributed by atoms with Gasteiger partial charge in [0.15, 0.2) is 6.29 Å². The quantitative estimate of drug-likeness (QED) is 0.614. The number of hydrogen-bond donors (Lipinski definition) is 0. The maximum atomic E-state index is 11.9. The normalized spacial score (nSPS) is 17.8. The summed E-state index contributed by atoms with van der Waals surface area (Å²) in [5, 5.41) is 0. The summed E-state index contributed by atoms with van der Waals surface area (Å²) < 4.78 is 22.0. The van der Waals surface area contributed by atoms with Gasteiger partial charge < -0.3 is 23.8 Å². The molecular formula is C20H29NO6. The Balaban J connectivity index is 2.06. The van der Waals surface area contributed by atoms with E-state index in [0.29, 0.717) is 18.8 Å². The number of rotatable bonds is 9. The van der Waals surface area contributed by atoms with Crippen LogP contribution >= 0.6 is 0 Å². The van der Waals surface area contributed by atoms with Crippen LogP contribution in [0.15, 0.2) is 24.3 Å². The molecule has 0 N–H and O–H groups in total. The number of methoxy groups -OCH3 is 1. The van der Waals surface area contributed by atoms with Gasteiger partial charge >= 0.3 is 5.97 Å². The van der Waals surface area contributed by atoms with Gasteiger partial charge in [-0.05, 0) is 37.0 Å². The molecule has 1 amide bonds. The van der Waals surface area contributed by atoms with Gasteiger partial charge in [0.05, 0.1) is 19.8 Å². The molecule has 0 saturated carbocycles. The zero-order chi connectivity index (χ0) is 19.6. The molecule has 1 aliphatic rings. The summed E-state index contributed by atoms with van der Waals surface area (Å²) in [5.74, 6) is 0.233. The zero-order valence-electron chi connectivity index (χ0n) is 16.3. The van der Waals surface area contributed by atoms with Gasteiger partial charge in [-0.25, -0.2) is 0 Å². The zero-order valence-corrected chi connectivity index (χ0v) is 16.3. The topological polar surface area (TPSA) is 74.3 Å². The first-order valence-electron chi connectivity index (χ1n) is 9.26. The van der Waals surface area contributed by atoms with Crippen LogP contribution in [0, 0.1) is 0 Å². The van der Waals surface area contributed by atoms with Gasteiger partial charge in [-0.2, -0.15) is 0 Å². The van der Waals surface area contributed by atoms with Crippen LogP contribution in [0.3, 0.4) is 0 Å². The number of carbonyl (C=O) groups is 2.